The molecule has 0 atom stereocenters. The van der Waals surface area contributed by atoms with Gasteiger partial charge in [0.25, 0.3) is 0 Å². The van der Waals surface area contributed by atoms with E-state index in [0.717, 1.165) is 36.7 Å². The van der Waals surface area contributed by atoms with Crippen molar-refractivity contribution in [2.45, 2.75) is 45.8 Å². The van der Waals surface area contributed by atoms with E-state index in [2.05, 4.69) is 15.6 Å². The van der Waals surface area contributed by atoms with Crippen LogP contribution < -0.4 is 15.5 Å². The molecule has 1 aromatic rings. The zero-order chi connectivity index (χ0) is 18.3. The number of anilines is 1. The molecule has 1 heterocycles. The summed E-state index contributed by atoms with van der Waals surface area (Å²) in [6.07, 6.45) is 1.60. The Labute approximate surface area is 173 Å². The standard InChI is InChI=1S/C19H30N4O2.HI/c1-5-20-18(22-14-19(2,3)25-4)21-13-15-8-10-16(11-9-15)23-12-6-7-17(23)24;/h8-11H,5-7,12-14H2,1-4H3,(H2,20,21,22);1H. The molecular formula is C19H31IN4O2. The van der Waals surface area contributed by atoms with Gasteiger partial charge in [0.05, 0.1) is 12.1 Å². The SMILES string of the molecule is CCNC(=NCc1ccc(N2CCCC2=O)cc1)NCC(C)(C)OC.I. The molecule has 0 radical (unpaired) electrons. The first kappa shape index (κ1) is 22.7. The molecule has 1 fully saturated rings. The third-order valence-electron chi connectivity index (χ3n) is 4.32. The fraction of sp³-hybridized carbons (Fsp3) is 0.579. The summed E-state index contributed by atoms with van der Waals surface area (Å²) in [5, 5.41) is 6.55. The number of rotatable bonds is 7. The van der Waals surface area contributed by atoms with Gasteiger partial charge in [-0.25, -0.2) is 4.99 Å². The summed E-state index contributed by atoms with van der Waals surface area (Å²) in [5.41, 5.74) is 1.83. The third-order valence-corrected chi connectivity index (χ3v) is 4.32. The minimum atomic E-state index is -0.250. The van der Waals surface area contributed by atoms with Gasteiger partial charge in [-0.2, -0.15) is 0 Å². The predicted molar refractivity (Wildman–Crippen MR) is 117 cm³/mol. The number of guanidine groups is 1. The van der Waals surface area contributed by atoms with Gasteiger partial charge in [-0.15, -0.1) is 24.0 Å². The van der Waals surface area contributed by atoms with Gasteiger partial charge in [0, 0.05) is 38.9 Å². The third kappa shape index (κ3) is 6.75. The van der Waals surface area contributed by atoms with E-state index in [9.17, 15) is 4.79 Å². The fourth-order valence-corrected chi connectivity index (χ4v) is 2.58. The van der Waals surface area contributed by atoms with Gasteiger partial charge >= 0.3 is 0 Å². The summed E-state index contributed by atoms with van der Waals surface area (Å²) >= 11 is 0. The molecule has 1 saturated heterocycles. The highest BCUT2D eigenvalue weighted by Crippen LogP contribution is 2.21. The van der Waals surface area contributed by atoms with Gasteiger partial charge in [-0.1, -0.05) is 12.1 Å². The zero-order valence-corrected chi connectivity index (χ0v) is 18.5. The maximum absolute atomic E-state index is 11.8. The van der Waals surface area contributed by atoms with Crippen LogP contribution in [0.15, 0.2) is 29.3 Å². The Balaban J connectivity index is 0.00000338. The lowest BCUT2D eigenvalue weighted by Crippen LogP contribution is -2.45. The van der Waals surface area contributed by atoms with Gasteiger partial charge in [0.1, 0.15) is 0 Å². The Hall–Kier alpha value is -1.35. The Bertz CT molecular complexity index is 602. The number of aliphatic imine (C=N–C) groups is 1. The number of carbonyl (C=O) groups is 1. The van der Waals surface area contributed by atoms with E-state index in [1.807, 2.05) is 49.9 Å². The van der Waals surface area contributed by atoms with Crippen molar-refractivity contribution in [3.8, 4) is 0 Å². The molecule has 0 spiro atoms. The topological polar surface area (TPSA) is 66.0 Å². The van der Waals surface area contributed by atoms with Gasteiger partial charge in [-0.3, -0.25) is 4.79 Å². The summed E-state index contributed by atoms with van der Waals surface area (Å²) in [6.45, 7) is 8.97. The van der Waals surface area contributed by atoms with Crippen LogP contribution in [-0.2, 0) is 16.1 Å². The lowest BCUT2D eigenvalue weighted by atomic mass is 10.1. The second-order valence-electron chi connectivity index (χ2n) is 6.83. The molecule has 0 aromatic heterocycles. The van der Waals surface area contributed by atoms with E-state index in [4.69, 9.17) is 4.74 Å². The minimum Gasteiger partial charge on any atom is -0.377 e. The molecule has 26 heavy (non-hydrogen) atoms. The number of methoxy groups -OCH3 is 1. The molecule has 1 amide bonds. The highest BCUT2D eigenvalue weighted by molar-refractivity contribution is 14.0. The molecular weight excluding hydrogens is 443 g/mol. The molecule has 0 unspecified atom stereocenters. The largest absolute Gasteiger partial charge is 0.377 e. The molecule has 7 heteroatoms. The molecule has 0 saturated carbocycles. The molecule has 1 aromatic carbocycles. The molecule has 2 rings (SSSR count). The summed E-state index contributed by atoms with van der Waals surface area (Å²) < 4.78 is 5.42. The van der Waals surface area contributed by atoms with Crippen LogP contribution in [0.5, 0.6) is 0 Å². The summed E-state index contributed by atoms with van der Waals surface area (Å²) in [6, 6.07) is 8.07. The first-order chi connectivity index (χ1) is 11.9. The average molecular weight is 474 g/mol. The molecule has 0 bridgehead atoms. The Morgan fingerprint density at radius 3 is 2.50 bits per heavy atom. The number of carbonyl (C=O) groups excluding carboxylic acids is 1. The lowest BCUT2D eigenvalue weighted by molar-refractivity contribution is -0.117. The predicted octanol–water partition coefficient (Wildman–Crippen LogP) is 2.91. The van der Waals surface area contributed by atoms with Crippen molar-refractivity contribution >= 4 is 41.5 Å². The van der Waals surface area contributed by atoms with Crippen LogP contribution in [0.2, 0.25) is 0 Å². The Kier molecular flexibility index (Phi) is 9.35. The van der Waals surface area contributed by atoms with Crippen molar-refractivity contribution in [3.05, 3.63) is 29.8 Å². The summed E-state index contributed by atoms with van der Waals surface area (Å²) in [4.78, 5) is 18.3. The second kappa shape index (κ2) is 10.7. The lowest BCUT2D eigenvalue weighted by Gasteiger charge is -2.24. The van der Waals surface area contributed by atoms with E-state index in [1.165, 1.54) is 0 Å². The Morgan fingerprint density at radius 2 is 1.96 bits per heavy atom. The number of nitrogens with one attached hydrogen (secondary N) is 2. The maximum atomic E-state index is 11.8. The van der Waals surface area contributed by atoms with Gasteiger partial charge in [-0.05, 0) is 44.9 Å². The molecule has 1 aliphatic rings. The van der Waals surface area contributed by atoms with Crippen LogP contribution >= 0.6 is 24.0 Å². The molecule has 0 aliphatic carbocycles. The fourth-order valence-electron chi connectivity index (χ4n) is 2.58. The number of hydrogen-bond acceptors (Lipinski definition) is 3. The van der Waals surface area contributed by atoms with Gasteiger partial charge in [0.2, 0.25) is 5.91 Å². The zero-order valence-electron chi connectivity index (χ0n) is 16.2. The van der Waals surface area contributed by atoms with Crippen molar-refractivity contribution in [1.82, 2.24) is 10.6 Å². The van der Waals surface area contributed by atoms with Gasteiger partial charge < -0.3 is 20.3 Å². The molecule has 1 aliphatic heterocycles. The normalized spacial score (nSPS) is 15.0. The number of halogens is 1. The van der Waals surface area contributed by atoms with Crippen molar-refractivity contribution in [2.75, 3.05) is 31.6 Å². The molecule has 6 nitrogen and oxygen atoms in total. The highest BCUT2D eigenvalue weighted by Gasteiger charge is 2.21. The van der Waals surface area contributed by atoms with E-state index in [0.29, 0.717) is 19.5 Å². The Morgan fingerprint density at radius 1 is 1.27 bits per heavy atom. The van der Waals surface area contributed by atoms with Crippen LogP contribution in [0.1, 0.15) is 39.2 Å². The van der Waals surface area contributed by atoms with Crippen LogP contribution in [0.3, 0.4) is 0 Å². The van der Waals surface area contributed by atoms with E-state index in [1.54, 1.807) is 7.11 Å². The smallest absolute Gasteiger partial charge is 0.227 e. The van der Waals surface area contributed by atoms with Gasteiger partial charge in [0.15, 0.2) is 5.96 Å². The summed E-state index contributed by atoms with van der Waals surface area (Å²) in [7, 11) is 1.71. The number of benzene rings is 1. The maximum Gasteiger partial charge on any atom is 0.227 e. The monoisotopic (exact) mass is 474 g/mol. The van der Waals surface area contributed by atoms with Crippen molar-refractivity contribution in [1.29, 1.82) is 0 Å². The number of hydrogen-bond donors (Lipinski definition) is 2. The van der Waals surface area contributed by atoms with Crippen molar-refractivity contribution in [2.24, 2.45) is 4.99 Å². The van der Waals surface area contributed by atoms with Crippen LogP contribution in [0.4, 0.5) is 5.69 Å². The van der Waals surface area contributed by atoms with E-state index in [-0.39, 0.29) is 35.5 Å². The highest BCUT2D eigenvalue weighted by atomic mass is 127. The minimum absolute atomic E-state index is 0. The first-order valence-corrected chi connectivity index (χ1v) is 8.92. The summed E-state index contributed by atoms with van der Waals surface area (Å²) in [5.74, 6) is 0.983. The van der Waals surface area contributed by atoms with E-state index >= 15 is 0 Å². The first-order valence-electron chi connectivity index (χ1n) is 8.92. The second-order valence-corrected chi connectivity index (χ2v) is 6.83. The van der Waals surface area contributed by atoms with Crippen LogP contribution in [0.25, 0.3) is 0 Å². The number of amides is 1. The van der Waals surface area contributed by atoms with Crippen molar-refractivity contribution in [3.63, 3.8) is 0 Å². The van der Waals surface area contributed by atoms with E-state index < -0.39 is 0 Å². The number of ether oxygens (including phenoxy) is 1. The van der Waals surface area contributed by atoms with Crippen molar-refractivity contribution < 1.29 is 9.53 Å². The van der Waals surface area contributed by atoms with Crippen LogP contribution in [0, 0.1) is 0 Å². The quantitative estimate of drug-likeness (QED) is 0.363. The molecule has 2 N–H and O–H groups in total. The molecule has 146 valence electrons. The average Bonchev–Trinajstić information content (AvgIpc) is 3.04. The number of nitrogens with zero attached hydrogens (tertiary/aromatic N) is 2. The van der Waals surface area contributed by atoms with Crippen LogP contribution in [-0.4, -0.2) is 44.2 Å².